The van der Waals surface area contributed by atoms with Crippen LogP contribution in [0, 0.1) is 13.8 Å². The van der Waals surface area contributed by atoms with Gasteiger partial charge in [-0.05, 0) is 70.5 Å². The van der Waals surface area contributed by atoms with Crippen molar-refractivity contribution >= 4 is 0 Å². The molecule has 0 spiro atoms. The second-order valence-corrected chi connectivity index (χ2v) is 11.5. The first kappa shape index (κ1) is 26.0. The molecule has 0 fully saturated rings. The Balaban J connectivity index is 1.40. The zero-order chi connectivity index (χ0) is 28.0. The first-order chi connectivity index (χ1) is 19.3. The van der Waals surface area contributed by atoms with Gasteiger partial charge in [0.05, 0.1) is 14.2 Å². The number of benzene rings is 5. The Morgan fingerprint density at radius 1 is 0.550 bits per heavy atom. The Morgan fingerprint density at radius 3 is 1.77 bits per heavy atom. The van der Waals surface area contributed by atoms with Gasteiger partial charge >= 0.3 is 0 Å². The van der Waals surface area contributed by atoms with Crippen LogP contribution in [0.4, 0.5) is 0 Å². The molecule has 0 saturated heterocycles. The molecule has 0 bridgehead atoms. The average molecular weight is 525 g/mol. The van der Waals surface area contributed by atoms with Crippen molar-refractivity contribution in [2.24, 2.45) is 0 Å². The van der Waals surface area contributed by atoms with Gasteiger partial charge in [-0.25, -0.2) is 0 Å². The van der Waals surface area contributed by atoms with Crippen molar-refractivity contribution < 1.29 is 9.47 Å². The van der Waals surface area contributed by atoms with E-state index in [-0.39, 0.29) is 11.3 Å². The van der Waals surface area contributed by atoms with Crippen LogP contribution in [0.3, 0.4) is 0 Å². The highest BCUT2D eigenvalue weighted by Gasteiger charge is 2.35. The van der Waals surface area contributed by atoms with E-state index in [1.54, 1.807) is 14.2 Å². The lowest BCUT2D eigenvalue weighted by Gasteiger charge is -2.23. The van der Waals surface area contributed by atoms with Crippen molar-refractivity contribution in [1.82, 2.24) is 0 Å². The molecular formula is C38H36O2. The van der Waals surface area contributed by atoms with Crippen LogP contribution in [0.5, 0.6) is 11.5 Å². The van der Waals surface area contributed by atoms with Gasteiger partial charge in [-0.2, -0.15) is 0 Å². The van der Waals surface area contributed by atoms with Crippen molar-refractivity contribution in [3.8, 4) is 33.8 Å². The van der Waals surface area contributed by atoms with E-state index in [0.29, 0.717) is 0 Å². The summed E-state index contributed by atoms with van der Waals surface area (Å²) in [6.07, 6.45) is 0. The minimum absolute atomic E-state index is 0.0197. The Labute approximate surface area is 238 Å². The topological polar surface area (TPSA) is 18.5 Å². The van der Waals surface area contributed by atoms with Gasteiger partial charge < -0.3 is 9.47 Å². The summed E-state index contributed by atoms with van der Waals surface area (Å²) in [7, 11) is 3.41. The number of ether oxygens (including phenoxy) is 2. The third kappa shape index (κ3) is 4.38. The van der Waals surface area contributed by atoms with E-state index in [2.05, 4.69) is 119 Å². The molecule has 0 radical (unpaired) electrons. The Bertz CT molecular complexity index is 1690. The Hall–Kier alpha value is -4.30. The molecular weight excluding hydrogens is 488 g/mol. The fraction of sp³-hybridized carbons (Fsp3) is 0.211. The number of methoxy groups -OCH3 is 2. The third-order valence-corrected chi connectivity index (χ3v) is 8.57. The number of hydrogen-bond donors (Lipinski definition) is 0. The fourth-order valence-electron chi connectivity index (χ4n) is 6.27. The summed E-state index contributed by atoms with van der Waals surface area (Å²) in [4.78, 5) is 0. The van der Waals surface area contributed by atoms with E-state index in [4.69, 9.17) is 9.47 Å². The molecule has 40 heavy (non-hydrogen) atoms. The lowest BCUT2D eigenvalue weighted by atomic mass is 9.81. The van der Waals surface area contributed by atoms with Crippen LogP contribution in [0.25, 0.3) is 22.3 Å². The maximum atomic E-state index is 5.84. The van der Waals surface area contributed by atoms with E-state index in [0.717, 1.165) is 17.1 Å². The molecule has 1 aliphatic carbocycles. The second kappa shape index (κ2) is 10.0. The minimum atomic E-state index is -0.0197. The molecule has 0 aliphatic heterocycles. The van der Waals surface area contributed by atoms with Gasteiger partial charge in [-0.15, -0.1) is 0 Å². The summed E-state index contributed by atoms with van der Waals surface area (Å²) >= 11 is 0. The summed E-state index contributed by atoms with van der Waals surface area (Å²) in [5, 5.41) is 0. The molecule has 2 nitrogen and oxygen atoms in total. The highest BCUT2D eigenvalue weighted by atomic mass is 16.5. The van der Waals surface area contributed by atoms with Crippen LogP contribution in [0.15, 0.2) is 103 Å². The molecule has 0 aromatic heterocycles. The van der Waals surface area contributed by atoms with Crippen molar-refractivity contribution in [2.45, 2.75) is 39.0 Å². The van der Waals surface area contributed by atoms with Crippen LogP contribution in [0.2, 0.25) is 0 Å². The molecule has 1 unspecified atom stereocenters. The summed E-state index contributed by atoms with van der Waals surface area (Å²) in [5.41, 5.74) is 14.1. The Morgan fingerprint density at radius 2 is 1.12 bits per heavy atom. The van der Waals surface area contributed by atoms with Crippen molar-refractivity contribution in [2.75, 3.05) is 14.2 Å². The van der Waals surface area contributed by atoms with E-state index >= 15 is 0 Å². The van der Waals surface area contributed by atoms with Crippen LogP contribution in [0.1, 0.15) is 58.7 Å². The van der Waals surface area contributed by atoms with Gasteiger partial charge in [0.1, 0.15) is 11.5 Å². The smallest absolute Gasteiger partial charge is 0.126 e. The summed E-state index contributed by atoms with van der Waals surface area (Å²) in [5.74, 6) is 1.65. The van der Waals surface area contributed by atoms with E-state index in [9.17, 15) is 0 Å². The van der Waals surface area contributed by atoms with E-state index in [1.165, 1.54) is 55.6 Å². The highest BCUT2D eigenvalue weighted by Crippen LogP contribution is 2.50. The molecule has 6 rings (SSSR count). The number of hydrogen-bond acceptors (Lipinski definition) is 2. The highest BCUT2D eigenvalue weighted by molar-refractivity contribution is 5.83. The molecule has 0 N–H and O–H groups in total. The molecule has 0 saturated carbocycles. The third-order valence-electron chi connectivity index (χ3n) is 8.57. The predicted octanol–water partition coefficient (Wildman–Crippen LogP) is 9.47. The van der Waals surface area contributed by atoms with Crippen LogP contribution >= 0.6 is 0 Å². The molecule has 5 aromatic rings. The first-order valence-electron chi connectivity index (χ1n) is 13.9. The summed E-state index contributed by atoms with van der Waals surface area (Å²) < 4.78 is 11.3. The van der Waals surface area contributed by atoms with Crippen molar-refractivity contribution in [3.05, 3.63) is 142 Å². The quantitative estimate of drug-likeness (QED) is 0.206. The van der Waals surface area contributed by atoms with Crippen molar-refractivity contribution in [3.63, 3.8) is 0 Å². The SMILES string of the molecule is COc1ccc(C(c2ccc(C)cc2)c2ccc(-c3ccc4c(c3)C(C)(C)c3cc(C)ccc3-4)cc2)c(OC)c1. The molecule has 2 heteroatoms. The average Bonchev–Trinajstić information content (AvgIpc) is 3.20. The monoisotopic (exact) mass is 524 g/mol. The molecule has 1 aliphatic rings. The fourth-order valence-corrected chi connectivity index (χ4v) is 6.27. The van der Waals surface area contributed by atoms with Crippen LogP contribution in [-0.4, -0.2) is 14.2 Å². The summed E-state index contributed by atoms with van der Waals surface area (Å²) in [6.45, 7) is 8.99. The van der Waals surface area contributed by atoms with Gasteiger partial charge in [-0.3, -0.25) is 0 Å². The molecule has 200 valence electrons. The standard InChI is InChI=1S/C38H36O2/c1-24-7-10-27(11-8-24)37(33-20-17-30(39-5)23-36(33)40-6)28-14-12-26(13-15-28)29-16-19-32-31-18-9-25(2)21-34(31)38(3,4)35(32)22-29/h7-23,37H,1-6H3. The molecule has 1 atom stereocenters. The van der Waals surface area contributed by atoms with Gasteiger partial charge in [0, 0.05) is 23.0 Å². The second-order valence-electron chi connectivity index (χ2n) is 11.5. The maximum absolute atomic E-state index is 5.84. The van der Waals surface area contributed by atoms with E-state index in [1.807, 2.05) is 12.1 Å². The zero-order valence-electron chi connectivity index (χ0n) is 24.2. The van der Waals surface area contributed by atoms with Gasteiger partial charge in [0.2, 0.25) is 0 Å². The van der Waals surface area contributed by atoms with Crippen molar-refractivity contribution in [1.29, 1.82) is 0 Å². The molecule has 0 heterocycles. The first-order valence-corrected chi connectivity index (χ1v) is 13.9. The predicted molar refractivity (Wildman–Crippen MR) is 166 cm³/mol. The van der Waals surface area contributed by atoms with Gasteiger partial charge in [-0.1, -0.05) is 110 Å². The number of fused-ring (bicyclic) bond motifs is 3. The number of aryl methyl sites for hydroxylation is 2. The largest absolute Gasteiger partial charge is 0.497 e. The van der Waals surface area contributed by atoms with Gasteiger partial charge in [0.15, 0.2) is 0 Å². The summed E-state index contributed by atoms with van der Waals surface area (Å²) in [6, 6.07) is 37.8. The van der Waals surface area contributed by atoms with Crippen LogP contribution < -0.4 is 9.47 Å². The lowest BCUT2D eigenvalue weighted by molar-refractivity contribution is 0.390. The zero-order valence-corrected chi connectivity index (χ0v) is 24.2. The Kier molecular flexibility index (Phi) is 6.50. The number of rotatable bonds is 6. The minimum Gasteiger partial charge on any atom is -0.497 e. The lowest BCUT2D eigenvalue weighted by Crippen LogP contribution is -2.15. The molecule has 0 amide bonds. The normalized spacial score (nSPS) is 13.8. The van der Waals surface area contributed by atoms with Gasteiger partial charge in [0.25, 0.3) is 0 Å². The van der Waals surface area contributed by atoms with E-state index < -0.39 is 0 Å². The van der Waals surface area contributed by atoms with Crippen LogP contribution in [-0.2, 0) is 5.41 Å². The molecule has 5 aromatic carbocycles. The maximum Gasteiger partial charge on any atom is 0.126 e.